The highest BCUT2D eigenvalue weighted by atomic mass is 35.5. The van der Waals surface area contributed by atoms with E-state index < -0.39 is 34.6 Å². The van der Waals surface area contributed by atoms with Gasteiger partial charge in [-0.1, -0.05) is 11.6 Å². The highest BCUT2D eigenvalue weighted by molar-refractivity contribution is 6.31. The molecule has 0 aliphatic rings. The minimum absolute atomic E-state index is 0.0636. The number of anilines is 1. The van der Waals surface area contributed by atoms with Crippen LogP contribution in [0, 0.1) is 5.82 Å². The molecule has 0 saturated carbocycles. The zero-order valence-corrected chi connectivity index (χ0v) is 13.1. The summed E-state index contributed by atoms with van der Waals surface area (Å²) < 4.78 is 56.5. The minimum Gasteiger partial charge on any atom is -0.481 e. The van der Waals surface area contributed by atoms with Crippen molar-refractivity contribution in [3.63, 3.8) is 0 Å². The van der Waals surface area contributed by atoms with E-state index in [1.54, 1.807) is 0 Å². The first-order valence-electron chi connectivity index (χ1n) is 6.76. The number of ether oxygens (including phenoxy) is 1. The molecule has 0 heterocycles. The normalized spacial score (nSPS) is 12.6. The fourth-order valence-electron chi connectivity index (χ4n) is 1.83. The number of rotatable bonds is 4. The van der Waals surface area contributed by atoms with Crippen LogP contribution in [0.1, 0.15) is 12.5 Å². The summed E-state index contributed by atoms with van der Waals surface area (Å²) in [5, 5.41) is 1.85. The Kier molecular flexibility index (Phi) is 5.33. The number of benzene rings is 2. The van der Waals surface area contributed by atoms with Crippen molar-refractivity contribution in [2.75, 3.05) is 5.32 Å². The molecule has 0 spiro atoms. The molecule has 1 N–H and O–H groups in total. The van der Waals surface area contributed by atoms with Crippen LogP contribution in [0.3, 0.4) is 0 Å². The maximum Gasteiger partial charge on any atom is 0.417 e. The van der Waals surface area contributed by atoms with Gasteiger partial charge >= 0.3 is 6.18 Å². The molecule has 0 unspecified atom stereocenters. The Hall–Kier alpha value is -2.28. The summed E-state index contributed by atoms with van der Waals surface area (Å²) >= 11 is 5.51. The molecule has 0 fully saturated rings. The summed E-state index contributed by atoms with van der Waals surface area (Å²) in [6, 6.07) is 8.03. The Balaban J connectivity index is 2.07. The van der Waals surface area contributed by atoms with Crippen molar-refractivity contribution >= 4 is 23.2 Å². The van der Waals surface area contributed by atoms with Crippen molar-refractivity contribution in [3.8, 4) is 5.75 Å². The first-order chi connectivity index (χ1) is 11.2. The van der Waals surface area contributed by atoms with Crippen LogP contribution < -0.4 is 10.1 Å². The summed E-state index contributed by atoms with van der Waals surface area (Å²) in [6.07, 6.45) is -5.63. The molecule has 8 heteroatoms. The first-order valence-corrected chi connectivity index (χ1v) is 7.14. The van der Waals surface area contributed by atoms with Crippen LogP contribution in [0.2, 0.25) is 5.02 Å². The third kappa shape index (κ3) is 4.61. The number of carbonyl (C=O) groups excluding carboxylic acids is 1. The van der Waals surface area contributed by atoms with Gasteiger partial charge in [0.2, 0.25) is 0 Å². The zero-order valence-electron chi connectivity index (χ0n) is 12.3. The summed E-state index contributed by atoms with van der Waals surface area (Å²) in [6.45, 7) is 1.42. The average Bonchev–Trinajstić information content (AvgIpc) is 2.50. The Morgan fingerprint density at radius 2 is 1.79 bits per heavy atom. The molecule has 0 aliphatic heterocycles. The molecule has 2 aromatic carbocycles. The fourth-order valence-corrected chi connectivity index (χ4v) is 2.06. The SMILES string of the molecule is C[C@@H](Oc1ccc(F)cc1)C(=O)Nc1ccc(Cl)c(C(F)(F)F)c1. The third-order valence-electron chi connectivity index (χ3n) is 3.04. The van der Waals surface area contributed by atoms with E-state index in [2.05, 4.69) is 5.32 Å². The van der Waals surface area contributed by atoms with Crippen molar-refractivity contribution in [1.82, 2.24) is 0 Å². The average molecular weight is 362 g/mol. The van der Waals surface area contributed by atoms with E-state index in [0.717, 1.165) is 24.3 Å². The molecule has 128 valence electrons. The highest BCUT2D eigenvalue weighted by Crippen LogP contribution is 2.36. The lowest BCUT2D eigenvalue weighted by molar-refractivity contribution is -0.137. The van der Waals surface area contributed by atoms with Crippen molar-refractivity contribution in [2.24, 2.45) is 0 Å². The Bertz CT molecular complexity index is 732. The van der Waals surface area contributed by atoms with Crippen LogP contribution in [0.5, 0.6) is 5.75 Å². The molecular formula is C16H12ClF4NO2. The van der Waals surface area contributed by atoms with E-state index in [4.69, 9.17) is 16.3 Å². The van der Waals surface area contributed by atoms with E-state index in [1.165, 1.54) is 25.1 Å². The van der Waals surface area contributed by atoms with Gasteiger partial charge in [-0.2, -0.15) is 13.2 Å². The number of carbonyl (C=O) groups is 1. The van der Waals surface area contributed by atoms with Gasteiger partial charge in [-0.25, -0.2) is 4.39 Å². The van der Waals surface area contributed by atoms with E-state index in [1.807, 2.05) is 0 Å². The van der Waals surface area contributed by atoms with E-state index in [9.17, 15) is 22.4 Å². The highest BCUT2D eigenvalue weighted by Gasteiger charge is 2.33. The number of hydrogen-bond donors (Lipinski definition) is 1. The lowest BCUT2D eigenvalue weighted by Gasteiger charge is -2.16. The zero-order chi connectivity index (χ0) is 17.9. The largest absolute Gasteiger partial charge is 0.481 e. The predicted molar refractivity (Wildman–Crippen MR) is 81.6 cm³/mol. The van der Waals surface area contributed by atoms with Gasteiger partial charge in [0.05, 0.1) is 10.6 Å². The lowest BCUT2D eigenvalue weighted by Crippen LogP contribution is -2.30. The van der Waals surface area contributed by atoms with Crippen LogP contribution in [0.25, 0.3) is 0 Å². The molecule has 1 atom stereocenters. The minimum atomic E-state index is -4.63. The molecule has 2 aromatic rings. The quantitative estimate of drug-likeness (QED) is 0.786. The van der Waals surface area contributed by atoms with Crippen molar-refractivity contribution in [2.45, 2.75) is 19.2 Å². The standard InChI is InChI=1S/C16H12ClF4NO2/c1-9(24-12-5-2-10(18)3-6-12)15(23)22-11-4-7-14(17)13(8-11)16(19,20)21/h2-9H,1H3,(H,22,23)/t9-/m1/s1. The van der Waals surface area contributed by atoms with Gasteiger partial charge in [-0.05, 0) is 49.4 Å². The van der Waals surface area contributed by atoms with Gasteiger partial charge in [0.15, 0.2) is 6.10 Å². The molecule has 0 saturated heterocycles. The molecule has 0 aromatic heterocycles. The number of amides is 1. The number of nitrogens with one attached hydrogen (secondary N) is 1. The van der Waals surface area contributed by atoms with Crippen molar-refractivity contribution in [3.05, 3.63) is 58.9 Å². The third-order valence-corrected chi connectivity index (χ3v) is 3.36. The van der Waals surface area contributed by atoms with Gasteiger partial charge in [-0.3, -0.25) is 4.79 Å². The summed E-state index contributed by atoms with van der Waals surface area (Å²) in [5.41, 5.74) is -1.11. The summed E-state index contributed by atoms with van der Waals surface area (Å²) in [7, 11) is 0. The van der Waals surface area contributed by atoms with Gasteiger partial charge in [0, 0.05) is 5.69 Å². The van der Waals surface area contributed by atoms with Gasteiger partial charge in [0.25, 0.3) is 5.91 Å². The molecule has 0 bridgehead atoms. The second-order valence-corrected chi connectivity index (χ2v) is 5.30. The van der Waals surface area contributed by atoms with Gasteiger partial charge in [0.1, 0.15) is 11.6 Å². The van der Waals surface area contributed by atoms with E-state index >= 15 is 0 Å². The molecule has 2 rings (SSSR count). The Morgan fingerprint density at radius 3 is 2.38 bits per heavy atom. The maximum absolute atomic E-state index is 12.8. The van der Waals surface area contributed by atoms with Gasteiger partial charge < -0.3 is 10.1 Å². The molecule has 24 heavy (non-hydrogen) atoms. The predicted octanol–water partition coefficient (Wildman–Crippen LogP) is 4.90. The molecule has 0 radical (unpaired) electrons. The molecular weight excluding hydrogens is 350 g/mol. The van der Waals surface area contributed by atoms with Gasteiger partial charge in [-0.15, -0.1) is 0 Å². The van der Waals surface area contributed by atoms with Crippen LogP contribution in [0.4, 0.5) is 23.2 Å². The van der Waals surface area contributed by atoms with Crippen molar-refractivity contribution < 1.29 is 27.1 Å². The molecule has 1 amide bonds. The van der Waals surface area contributed by atoms with Crippen LogP contribution in [-0.4, -0.2) is 12.0 Å². The summed E-state index contributed by atoms with van der Waals surface area (Å²) in [4.78, 5) is 12.0. The fraction of sp³-hybridized carbons (Fsp3) is 0.188. The monoisotopic (exact) mass is 361 g/mol. The van der Waals surface area contributed by atoms with Crippen LogP contribution in [-0.2, 0) is 11.0 Å². The van der Waals surface area contributed by atoms with Crippen LogP contribution >= 0.6 is 11.6 Å². The second kappa shape index (κ2) is 7.09. The number of hydrogen-bond acceptors (Lipinski definition) is 2. The topological polar surface area (TPSA) is 38.3 Å². The Morgan fingerprint density at radius 1 is 1.17 bits per heavy atom. The maximum atomic E-state index is 12.8. The number of alkyl halides is 3. The smallest absolute Gasteiger partial charge is 0.417 e. The molecule has 3 nitrogen and oxygen atoms in total. The Labute approximate surface area is 140 Å². The van der Waals surface area contributed by atoms with E-state index in [-0.39, 0.29) is 11.4 Å². The van der Waals surface area contributed by atoms with Crippen LogP contribution in [0.15, 0.2) is 42.5 Å². The lowest BCUT2D eigenvalue weighted by atomic mass is 10.2. The summed E-state index contributed by atoms with van der Waals surface area (Å²) in [5.74, 6) is -0.860. The first kappa shape index (κ1) is 18.1. The molecule has 0 aliphatic carbocycles. The second-order valence-electron chi connectivity index (χ2n) is 4.90. The van der Waals surface area contributed by atoms with Crippen molar-refractivity contribution in [1.29, 1.82) is 0 Å². The number of halogens is 5. The van der Waals surface area contributed by atoms with E-state index in [0.29, 0.717) is 0 Å².